The lowest BCUT2D eigenvalue weighted by atomic mass is 10.2. The van der Waals surface area contributed by atoms with Gasteiger partial charge in [0.05, 0.1) is 10.7 Å². The Morgan fingerprint density at radius 2 is 1.70 bits per heavy atom. The van der Waals surface area contributed by atoms with Gasteiger partial charge in [0.2, 0.25) is 0 Å². The second-order valence-electron chi connectivity index (χ2n) is 8.24. The van der Waals surface area contributed by atoms with Gasteiger partial charge >= 0.3 is 0 Å². The Bertz CT molecular complexity index is 1260. The number of furan rings is 1. The molecule has 5 rings (SSSR count). The first-order valence-corrected chi connectivity index (χ1v) is 11.4. The number of rotatable bonds is 5. The van der Waals surface area contributed by atoms with Crippen molar-refractivity contribution in [2.75, 3.05) is 26.2 Å². The van der Waals surface area contributed by atoms with E-state index in [1.807, 2.05) is 48.2 Å². The number of piperazine rings is 1. The first-order chi connectivity index (χ1) is 16.1. The van der Waals surface area contributed by atoms with E-state index in [1.165, 1.54) is 5.56 Å². The highest BCUT2D eigenvalue weighted by molar-refractivity contribution is 6.32. The molecule has 1 aliphatic heterocycles. The number of aromatic nitrogens is 2. The van der Waals surface area contributed by atoms with Crippen molar-refractivity contribution < 1.29 is 9.21 Å². The third-order valence-corrected chi connectivity index (χ3v) is 6.23. The number of aryl methyl sites for hydroxylation is 1. The molecule has 1 aliphatic rings. The number of para-hydroxylation sites is 1. The molecule has 168 valence electrons. The van der Waals surface area contributed by atoms with Crippen molar-refractivity contribution in [2.45, 2.75) is 13.5 Å². The molecule has 0 unspecified atom stereocenters. The molecule has 1 fully saturated rings. The Kier molecular flexibility index (Phi) is 6.03. The lowest BCUT2D eigenvalue weighted by molar-refractivity contribution is 0.0619. The summed E-state index contributed by atoms with van der Waals surface area (Å²) in [5, 5.41) is 5.22. The Labute approximate surface area is 198 Å². The maximum Gasteiger partial charge on any atom is 0.272 e. The monoisotopic (exact) mass is 460 g/mol. The molecule has 2 aromatic carbocycles. The van der Waals surface area contributed by atoms with E-state index >= 15 is 0 Å². The molecule has 1 saturated heterocycles. The number of carbonyl (C=O) groups is 1. The second kappa shape index (κ2) is 9.25. The fourth-order valence-corrected chi connectivity index (χ4v) is 4.36. The van der Waals surface area contributed by atoms with Crippen molar-refractivity contribution in [3.05, 3.63) is 94.8 Å². The number of nitrogens with zero attached hydrogens (tertiary/aromatic N) is 4. The Morgan fingerprint density at radius 3 is 2.39 bits per heavy atom. The van der Waals surface area contributed by atoms with Crippen molar-refractivity contribution in [3.63, 3.8) is 0 Å². The summed E-state index contributed by atoms with van der Waals surface area (Å²) in [6, 6.07) is 23.4. The molecular weight excluding hydrogens is 436 g/mol. The first-order valence-electron chi connectivity index (χ1n) is 11.1. The van der Waals surface area contributed by atoms with Crippen LogP contribution in [-0.2, 0) is 6.54 Å². The van der Waals surface area contributed by atoms with Crippen LogP contribution in [-0.4, -0.2) is 51.7 Å². The highest BCUT2D eigenvalue weighted by atomic mass is 35.5. The van der Waals surface area contributed by atoms with Gasteiger partial charge in [0.25, 0.3) is 5.91 Å². The molecule has 6 nitrogen and oxygen atoms in total. The summed E-state index contributed by atoms with van der Waals surface area (Å²) in [4.78, 5) is 17.9. The average molecular weight is 461 g/mol. The summed E-state index contributed by atoms with van der Waals surface area (Å²) >= 11 is 6.46. The topological polar surface area (TPSA) is 54.5 Å². The molecule has 0 N–H and O–H groups in total. The van der Waals surface area contributed by atoms with E-state index < -0.39 is 0 Å². The molecule has 0 bridgehead atoms. The van der Waals surface area contributed by atoms with Gasteiger partial charge in [0.15, 0.2) is 5.76 Å². The van der Waals surface area contributed by atoms with Crippen LogP contribution in [0.5, 0.6) is 0 Å². The quantitative estimate of drug-likeness (QED) is 0.418. The first kappa shape index (κ1) is 21.5. The van der Waals surface area contributed by atoms with Crippen LogP contribution >= 0.6 is 11.6 Å². The minimum Gasteiger partial charge on any atom is -0.460 e. The summed E-state index contributed by atoms with van der Waals surface area (Å²) < 4.78 is 7.39. The minimum atomic E-state index is -0.0590. The molecule has 2 aromatic heterocycles. The summed E-state index contributed by atoms with van der Waals surface area (Å²) in [6.45, 7) is 5.75. The van der Waals surface area contributed by atoms with E-state index in [0.29, 0.717) is 40.9 Å². The molecule has 0 atom stereocenters. The zero-order valence-electron chi connectivity index (χ0n) is 18.4. The van der Waals surface area contributed by atoms with E-state index in [1.54, 1.807) is 16.8 Å². The molecule has 0 spiro atoms. The molecular formula is C26H25ClN4O2. The number of amides is 1. The van der Waals surface area contributed by atoms with Crippen molar-refractivity contribution in [1.29, 1.82) is 0 Å². The molecule has 4 aromatic rings. The molecule has 7 heteroatoms. The van der Waals surface area contributed by atoms with Crippen LogP contribution in [0.2, 0.25) is 5.02 Å². The number of hydrogen-bond acceptors (Lipinski definition) is 4. The van der Waals surface area contributed by atoms with E-state index in [2.05, 4.69) is 29.2 Å². The number of carbonyl (C=O) groups excluding carboxylic acids is 1. The molecule has 0 radical (unpaired) electrons. The SMILES string of the molecule is Cc1ccc(-c2cc(C(=O)N3CCN(Cc4ccccc4)CC3)n(-c3ccccc3Cl)n2)o1. The van der Waals surface area contributed by atoms with E-state index in [-0.39, 0.29) is 5.91 Å². The highest BCUT2D eigenvalue weighted by Crippen LogP contribution is 2.27. The van der Waals surface area contributed by atoms with Gasteiger partial charge in [-0.05, 0) is 36.8 Å². The highest BCUT2D eigenvalue weighted by Gasteiger charge is 2.27. The Balaban J connectivity index is 1.39. The van der Waals surface area contributed by atoms with Crippen LogP contribution in [0.15, 0.2) is 77.2 Å². The van der Waals surface area contributed by atoms with Gasteiger partial charge < -0.3 is 9.32 Å². The predicted octanol–water partition coefficient (Wildman–Crippen LogP) is 5.05. The van der Waals surface area contributed by atoms with Crippen LogP contribution in [0.3, 0.4) is 0 Å². The van der Waals surface area contributed by atoms with E-state index in [4.69, 9.17) is 21.1 Å². The normalized spacial score (nSPS) is 14.5. The largest absolute Gasteiger partial charge is 0.460 e. The zero-order chi connectivity index (χ0) is 22.8. The van der Waals surface area contributed by atoms with E-state index in [9.17, 15) is 4.79 Å². The maximum absolute atomic E-state index is 13.6. The fraction of sp³-hybridized carbons (Fsp3) is 0.231. The summed E-state index contributed by atoms with van der Waals surface area (Å²) in [6.07, 6.45) is 0. The fourth-order valence-electron chi connectivity index (χ4n) is 4.15. The van der Waals surface area contributed by atoms with Crippen LogP contribution in [0, 0.1) is 6.92 Å². The summed E-state index contributed by atoms with van der Waals surface area (Å²) in [5.74, 6) is 1.36. The summed E-state index contributed by atoms with van der Waals surface area (Å²) in [7, 11) is 0. The molecule has 33 heavy (non-hydrogen) atoms. The third kappa shape index (κ3) is 4.58. The molecule has 3 heterocycles. The average Bonchev–Trinajstić information content (AvgIpc) is 3.47. The number of halogens is 1. The van der Waals surface area contributed by atoms with Crippen LogP contribution in [0.4, 0.5) is 0 Å². The van der Waals surface area contributed by atoms with Gasteiger partial charge in [-0.1, -0.05) is 54.1 Å². The van der Waals surface area contributed by atoms with Crippen molar-refractivity contribution in [1.82, 2.24) is 19.6 Å². The van der Waals surface area contributed by atoms with Crippen molar-refractivity contribution in [3.8, 4) is 17.1 Å². The van der Waals surface area contributed by atoms with Gasteiger partial charge in [0.1, 0.15) is 17.1 Å². The second-order valence-corrected chi connectivity index (χ2v) is 8.65. The lowest BCUT2D eigenvalue weighted by Crippen LogP contribution is -2.48. The Morgan fingerprint density at radius 1 is 0.970 bits per heavy atom. The molecule has 0 aliphatic carbocycles. The van der Waals surface area contributed by atoms with Crippen LogP contribution in [0.1, 0.15) is 21.8 Å². The standard InChI is InChI=1S/C26H25ClN4O2/c1-19-11-12-25(33-19)22-17-24(31(28-22)23-10-6-5-9-21(23)27)26(32)30-15-13-29(14-16-30)18-20-7-3-2-4-8-20/h2-12,17H,13-16,18H2,1H3. The third-order valence-electron chi connectivity index (χ3n) is 5.91. The van der Waals surface area contributed by atoms with Gasteiger partial charge in [-0.2, -0.15) is 5.10 Å². The molecule has 1 amide bonds. The number of hydrogen-bond donors (Lipinski definition) is 0. The number of benzene rings is 2. The van der Waals surface area contributed by atoms with Gasteiger partial charge in [-0.3, -0.25) is 9.69 Å². The summed E-state index contributed by atoms with van der Waals surface area (Å²) in [5.41, 5.74) is 3.03. The van der Waals surface area contributed by atoms with Crippen molar-refractivity contribution >= 4 is 17.5 Å². The maximum atomic E-state index is 13.6. The van der Waals surface area contributed by atoms with Crippen LogP contribution in [0.25, 0.3) is 17.1 Å². The van der Waals surface area contributed by atoms with Gasteiger partial charge in [0, 0.05) is 38.8 Å². The van der Waals surface area contributed by atoms with Crippen molar-refractivity contribution in [2.24, 2.45) is 0 Å². The predicted molar refractivity (Wildman–Crippen MR) is 129 cm³/mol. The molecule has 0 saturated carbocycles. The van der Waals surface area contributed by atoms with Crippen LogP contribution < -0.4 is 0 Å². The minimum absolute atomic E-state index is 0.0590. The lowest BCUT2D eigenvalue weighted by Gasteiger charge is -2.34. The van der Waals surface area contributed by atoms with Gasteiger partial charge in [-0.25, -0.2) is 4.68 Å². The smallest absolute Gasteiger partial charge is 0.272 e. The zero-order valence-corrected chi connectivity index (χ0v) is 19.2. The van der Waals surface area contributed by atoms with E-state index in [0.717, 1.165) is 25.4 Å². The Hall–Kier alpha value is -3.35. The van der Waals surface area contributed by atoms with Gasteiger partial charge in [-0.15, -0.1) is 0 Å².